The van der Waals surface area contributed by atoms with Crippen LogP contribution in [0.25, 0.3) is 0 Å². The fraction of sp³-hybridized carbons (Fsp3) is 0.533. The Hall–Kier alpha value is -1.35. The van der Waals surface area contributed by atoms with E-state index in [-0.39, 0.29) is 11.9 Å². The number of hydrogen-bond acceptors (Lipinski definition) is 2. The number of rotatable bonds is 4. The van der Waals surface area contributed by atoms with Crippen LogP contribution in [0.1, 0.15) is 43.9 Å². The van der Waals surface area contributed by atoms with Crippen LogP contribution in [0.5, 0.6) is 0 Å². The Morgan fingerprint density at radius 2 is 2.17 bits per heavy atom. The summed E-state index contributed by atoms with van der Waals surface area (Å²) in [6.45, 7) is 4.21. The minimum atomic E-state index is -0.495. The van der Waals surface area contributed by atoms with Crippen LogP contribution in [0.15, 0.2) is 24.3 Å². The zero-order valence-electron chi connectivity index (χ0n) is 11.0. The summed E-state index contributed by atoms with van der Waals surface area (Å²) >= 11 is 0. The van der Waals surface area contributed by atoms with Gasteiger partial charge in [-0.1, -0.05) is 38.1 Å². The zero-order valence-corrected chi connectivity index (χ0v) is 11.0. The summed E-state index contributed by atoms with van der Waals surface area (Å²) in [5, 5.41) is 13.0. The smallest absolute Gasteiger partial charge is 0.220 e. The molecule has 0 saturated heterocycles. The van der Waals surface area contributed by atoms with Gasteiger partial charge in [0.15, 0.2) is 0 Å². The minimum absolute atomic E-state index is 0.0319. The lowest BCUT2D eigenvalue weighted by Gasteiger charge is -2.18. The fourth-order valence-corrected chi connectivity index (χ4v) is 2.41. The molecule has 1 amide bonds. The molecule has 0 bridgehead atoms. The van der Waals surface area contributed by atoms with E-state index in [4.69, 9.17) is 0 Å². The Morgan fingerprint density at radius 1 is 1.44 bits per heavy atom. The maximum atomic E-state index is 11.8. The third kappa shape index (κ3) is 2.91. The molecule has 0 heterocycles. The van der Waals surface area contributed by atoms with E-state index < -0.39 is 6.10 Å². The van der Waals surface area contributed by atoms with E-state index in [1.807, 2.05) is 24.3 Å². The molecular weight excluding hydrogens is 226 g/mol. The van der Waals surface area contributed by atoms with Gasteiger partial charge in [0.1, 0.15) is 0 Å². The highest BCUT2D eigenvalue weighted by Gasteiger charge is 2.31. The van der Waals surface area contributed by atoms with Gasteiger partial charge in [-0.05, 0) is 23.5 Å². The van der Waals surface area contributed by atoms with Crippen molar-refractivity contribution in [3.63, 3.8) is 0 Å². The van der Waals surface area contributed by atoms with E-state index in [0.717, 1.165) is 17.5 Å². The van der Waals surface area contributed by atoms with Crippen molar-refractivity contribution >= 4 is 5.91 Å². The van der Waals surface area contributed by atoms with Crippen molar-refractivity contribution in [1.82, 2.24) is 5.32 Å². The number of aliphatic hydroxyl groups excluding tert-OH is 1. The topological polar surface area (TPSA) is 49.3 Å². The molecule has 2 N–H and O–H groups in total. The van der Waals surface area contributed by atoms with Crippen LogP contribution < -0.4 is 5.32 Å². The van der Waals surface area contributed by atoms with Crippen LogP contribution in [0, 0.1) is 5.92 Å². The van der Waals surface area contributed by atoms with E-state index in [9.17, 15) is 9.90 Å². The van der Waals surface area contributed by atoms with Gasteiger partial charge in [-0.2, -0.15) is 0 Å². The van der Waals surface area contributed by atoms with Crippen LogP contribution in [0.2, 0.25) is 0 Å². The van der Waals surface area contributed by atoms with Gasteiger partial charge in [0.25, 0.3) is 0 Å². The quantitative estimate of drug-likeness (QED) is 0.857. The maximum Gasteiger partial charge on any atom is 0.220 e. The summed E-state index contributed by atoms with van der Waals surface area (Å²) in [6.07, 6.45) is 1.55. The van der Waals surface area contributed by atoms with Gasteiger partial charge < -0.3 is 10.4 Å². The number of carbonyl (C=O) groups is 1. The third-order valence-corrected chi connectivity index (χ3v) is 3.47. The number of nitrogens with one attached hydrogen (secondary N) is 1. The number of amides is 1. The van der Waals surface area contributed by atoms with Crippen molar-refractivity contribution in [2.24, 2.45) is 5.92 Å². The molecule has 1 aliphatic carbocycles. The first-order valence-electron chi connectivity index (χ1n) is 6.63. The molecule has 0 aliphatic heterocycles. The van der Waals surface area contributed by atoms with Gasteiger partial charge in [0, 0.05) is 12.8 Å². The number of carbonyl (C=O) groups excluding carboxylic acids is 1. The van der Waals surface area contributed by atoms with Crippen LogP contribution in [0.3, 0.4) is 0 Å². The van der Waals surface area contributed by atoms with Gasteiger partial charge in [0.2, 0.25) is 5.91 Å². The summed E-state index contributed by atoms with van der Waals surface area (Å²) < 4.78 is 0. The number of benzene rings is 1. The Balaban J connectivity index is 1.99. The van der Waals surface area contributed by atoms with Gasteiger partial charge in [-0.15, -0.1) is 0 Å². The fourth-order valence-electron chi connectivity index (χ4n) is 2.41. The maximum absolute atomic E-state index is 11.8. The Bertz CT molecular complexity index is 428. The van der Waals surface area contributed by atoms with E-state index in [1.165, 1.54) is 0 Å². The lowest BCUT2D eigenvalue weighted by molar-refractivity contribution is -0.122. The molecule has 1 aromatic rings. The molecular formula is C15H21NO2. The van der Waals surface area contributed by atoms with Crippen molar-refractivity contribution in [2.75, 3.05) is 0 Å². The van der Waals surface area contributed by atoms with Crippen LogP contribution in [-0.2, 0) is 11.2 Å². The molecule has 2 atom stereocenters. The Labute approximate surface area is 108 Å². The first kappa shape index (κ1) is 13.1. The Morgan fingerprint density at radius 3 is 2.89 bits per heavy atom. The standard InChI is InChI=1S/C15H21NO2/c1-10(2)7-8-14(18)16-15-12-6-4-3-5-11(12)9-13(15)17/h3-6,10,13,15,17H,7-9H2,1-2H3,(H,16,18). The average Bonchev–Trinajstić information content (AvgIpc) is 2.64. The van der Waals surface area contributed by atoms with Crippen LogP contribution in [-0.4, -0.2) is 17.1 Å². The van der Waals surface area contributed by atoms with Crippen molar-refractivity contribution in [3.8, 4) is 0 Å². The summed E-state index contributed by atoms with van der Waals surface area (Å²) in [7, 11) is 0. The van der Waals surface area contributed by atoms with Crippen molar-refractivity contribution in [3.05, 3.63) is 35.4 Å². The number of hydrogen-bond donors (Lipinski definition) is 2. The molecule has 3 nitrogen and oxygen atoms in total. The Kier molecular flexibility index (Phi) is 4.02. The normalized spacial score (nSPS) is 22.0. The molecule has 1 aliphatic rings. The van der Waals surface area contributed by atoms with Crippen LogP contribution in [0.4, 0.5) is 0 Å². The molecule has 0 spiro atoms. The highest BCUT2D eigenvalue weighted by Crippen LogP contribution is 2.31. The van der Waals surface area contributed by atoms with E-state index >= 15 is 0 Å². The molecule has 0 radical (unpaired) electrons. The predicted molar refractivity (Wildman–Crippen MR) is 71.1 cm³/mol. The van der Waals surface area contributed by atoms with Crippen molar-refractivity contribution in [1.29, 1.82) is 0 Å². The van der Waals surface area contributed by atoms with Gasteiger partial charge in [-0.3, -0.25) is 4.79 Å². The summed E-state index contributed by atoms with van der Waals surface area (Å²) in [5.41, 5.74) is 2.20. The van der Waals surface area contributed by atoms with Crippen molar-refractivity contribution < 1.29 is 9.90 Å². The second-order valence-electron chi connectivity index (χ2n) is 5.45. The molecule has 98 valence electrons. The largest absolute Gasteiger partial charge is 0.390 e. The van der Waals surface area contributed by atoms with Gasteiger partial charge >= 0.3 is 0 Å². The summed E-state index contributed by atoms with van der Waals surface area (Å²) in [5.74, 6) is 0.556. The second-order valence-corrected chi connectivity index (χ2v) is 5.45. The molecule has 3 heteroatoms. The molecule has 2 rings (SSSR count). The van der Waals surface area contributed by atoms with Gasteiger partial charge in [0.05, 0.1) is 12.1 Å². The summed E-state index contributed by atoms with van der Waals surface area (Å²) in [4.78, 5) is 11.8. The summed E-state index contributed by atoms with van der Waals surface area (Å²) in [6, 6.07) is 7.68. The second kappa shape index (κ2) is 5.53. The van der Waals surface area contributed by atoms with E-state index in [2.05, 4.69) is 19.2 Å². The van der Waals surface area contributed by atoms with E-state index in [1.54, 1.807) is 0 Å². The predicted octanol–water partition coefficient (Wildman–Crippen LogP) is 2.20. The third-order valence-electron chi connectivity index (χ3n) is 3.47. The monoisotopic (exact) mass is 247 g/mol. The molecule has 18 heavy (non-hydrogen) atoms. The molecule has 0 aromatic heterocycles. The molecule has 2 unspecified atom stereocenters. The highest BCUT2D eigenvalue weighted by atomic mass is 16.3. The minimum Gasteiger partial charge on any atom is -0.390 e. The molecule has 0 fully saturated rings. The SMILES string of the molecule is CC(C)CCC(=O)NC1c2ccccc2CC1O. The molecule has 0 saturated carbocycles. The zero-order chi connectivity index (χ0) is 13.1. The lowest BCUT2D eigenvalue weighted by atomic mass is 10.1. The lowest BCUT2D eigenvalue weighted by Crippen LogP contribution is -2.33. The first-order valence-corrected chi connectivity index (χ1v) is 6.63. The first-order chi connectivity index (χ1) is 8.58. The highest BCUT2D eigenvalue weighted by molar-refractivity contribution is 5.76. The number of aliphatic hydroxyl groups is 1. The molecule has 1 aromatic carbocycles. The van der Waals surface area contributed by atoms with Gasteiger partial charge in [-0.25, -0.2) is 0 Å². The number of fused-ring (bicyclic) bond motifs is 1. The van der Waals surface area contributed by atoms with Crippen molar-refractivity contribution in [2.45, 2.75) is 45.3 Å². The van der Waals surface area contributed by atoms with Crippen LogP contribution >= 0.6 is 0 Å². The average molecular weight is 247 g/mol. The van der Waals surface area contributed by atoms with E-state index in [0.29, 0.717) is 18.8 Å².